The van der Waals surface area contributed by atoms with Crippen molar-refractivity contribution in [1.29, 1.82) is 0 Å². The first-order valence-electron chi connectivity index (χ1n) is 11.0. The Morgan fingerprint density at radius 1 is 0.941 bits per heavy atom. The van der Waals surface area contributed by atoms with Crippen LogP contribution >= 0.6 is 11.8 Å². The summed E-state index contributed by atoms with van der Waals surface area (Å²) < 4.78 is 2.08. The zero-order valence-electron chi connectivity index (χ0n) is 19.4. The van der Waals surface area contributed by atoms with Crippen LogP contribution in [-0.2, 0) is 5.41 Å². The molecule has 172 valence electrons. The van der Waals surface area contributed by atoms with Crippen LogP contribution < -0.4 is 0 Å². The second-order valence-electron chi connectivity index (χ2n) is 8.87. The molecule has 0 saturated heterocycles. The molecular weight excluding hydrogens is 444 g/mol. The van der Waals surface area contributed by atoms with Gasteiger partial charge in [-0.2, -0.15) is 0 Å². The highest BCUT2D eigenvalue weighted by atomic mass is 32.2. The van der Waals surface area contributed by atoms with Gasteiger partial charge in [-0.05, 0) is 40.8 Å². The van der Waals surface area contributed by atoms with Crippen molar-refractivity contribution < 1.29 is 4.92 Å². The fourth-order valence-electron chi connectivity index (χ4n) is 3.49. The van der Waals surface area contributed by atoms with Crippen LogP contribution in [0.25, 0.3) is 23.2 Å². The Balaban J connectivity index is 1.57. The molecule has 0 saturated carbocycles. The normalized spacial score (nSPS) is 11.7. The molecule has 6 nitrogen and oxygen atoms in total. The van der Waals surface area contributed by atoms with Crippen LogP contribution in [0.5, 0.6) is 0 Å². The fourth-order valence-corrected chi connectivity index (χ4v) is 4.25. The summed E-state index contributed by atoms with van der Waals surface area (Å²) in [6, 6.07) is 25.1. The first-order chi connectivity index (χ1) is 16.3. The highest BCUT2D eigenvalue weighted by Crippen LogP contribution is 2.30. The van der Waals surface area contributed by atoms with Crippen LogP contribution in [-0.4, -0.2) is 25.4 Å². The van der Waals surface area contributed by atoms with Gasteiger partial charge in [-0.25, -0.2) is 0 Å². The molecule has 1 aromatic heterocycles. The Bertz CT molecular complexity index is 1290. The van der Waals surface area contributed by atoms with Gasteiger partial charge in [-0.3, -0.25) is 14.7 Å². The van der Waals surface area contributed by atoms with E-state index in [0.717, 1.165) is 27.8 Å². The Morgan fingerprint density at radius 3 is 2.24 bits per heavy atom. The van der Waals surface area contributed by atoms with E-state index < -0.39 is 4.92 Å². The molecule has 0 amide bonds. The fraction of sp³-hybridized carbons (Fsp3) is 0.185. The lowest BCUT2D eigenvalue weighted by Gasteiger charge is -2.19. The summed E-state index contributed by atoms with van der Waals surface area (Å²) in [5.74, 6) is 1.48. The monoisotopic (exact) mass is 470 g/mol. The van der Waals surface area contributed by atoms with Crippen LogP contribution in [0.4, 0.5) is 5.69 Å². The molecule has 3 aromatic carbocycles. The standard InChI is InChI=1S/C27H26N4O2S/c1-27(2,3)22-15-13-21(14-16-22)25-28-29-26(30(25)23-9-5-4-6-10-23)34-19-7-8-20-11-17-24(18-12-20)31(32)33/h4-18H,19H2,1-3H3. The Hall–Kier alpha value is -3.71. The van der Waals surface area contributed by atoms with Gasteiger partial charge >= 0.3 is 0 Å². The summed E-state index contributed by atoms with van der Waals surface area (Å²) in [7, 11) is 0. The third-order valence-electron chi connectivity index (χ3n) is 5.38. The van der Waals surface area contributed by atoms with Gasteiger partial charge in [-0.15, -0.1) is 10.2 Å². The van der Waals surface area contributed by atoms with Crippen LogP contribution in [0.1, 0.15) is 31.9 Å². The van der Waals surface area contributed by atoms with Crippen molar-refractivity contribution in [1.82, 2.24) is 14.8 Å². The molecular formula is C27H26N4O2S. The zero-order chi connectivity index (χ0) is 24.1. The highest BCUT2D eigenvalue weighted by Gasteiger charge is 2.18. The molecule has 0 aliphatic heterocycles. The minimum Gasteiger partial charge on any atom is -0.270 e. The van der Waals surface area contributed by atoms with E-state index in [-0.39, 0.29) is 11.1 Å². The minimum atomic E-state index is -0.395. The summed E-state index contributed by atoms with van der Waals surface area (Å²) >= 11 is 1.59. The third-order valence-corrected chi connectivity index (χ3v) is 6.26. The number of para-hydroxylation sites is 1. The molecule has 4 rings (SSSR count). The Kier molecular flexibility index (Phi) is 6.93. The predicted octanol–water partition coefficient (Wildman–Crippen LogP) is 6.95. The molecule has 0 spiro atoms. The number of aromatic nitrogens is 3. The van der Waals surface area contributed by atoms with Gasteiger partial charge in [0.15, 0.2) is 11.0 Å². The topological polar surface area (TPSA) is 73.8 Å². The number of non-ortho nitro benzene ring substituents is 1. The van der Waals surface area contributed by atoms with E-state index >= 15 is 0 Å². The molecule has 0 radical (unpaired) electrons. The highest BCUT2D eigenvalue weighted by molar-refractivity contribution is 7.99. The number of hydrogen-bond donors (Lipinski definition) is 0. The third kappa shape index (κ3) is 5.43. The average Bonchev–Trinajstić information content (AvgIpc) is 3.26. The maximum atomic E-state index is 10.8. The molecule has 0 fully saturated rings. The van der Waals surface area contributed by atoms with E-state index in [1.807, 2.05) is 42.5 Å². The second-order valence-corrected chi connectivity index (χ2v) is 9.85. The van der Waals surface area contributed by atoms with Gasteiger partial charge < -0.3 is 0 Å². The van der Waals surface area contributed by atoms with Crippen LogP contribution in [0, 0.1) is 10.1 Å². The van der Waals surface area contributed by atoms with Crippen molar-refractivity contribution in [2.75, 3.05) is 5.75 Å². The molecule has 4 aromatic rings. The van der Waals surface area contributed by atoms with Gasteiger partial charge in [0.05, 0.1) is 4.92 Å². The van der Waals surface area contributed by atoms with E-state index in [0.29, 0.717) is 5.75 Å². The predicted molar refractivity (Wildman–Crippen MR) is 138 cm³/mol. The molecule has 0 N–H and O–H groups in total. The molecule has 0 unspecified atom stereocenters. The number of hydrogen-bond acceptors (Lipinski definition) is 5. The van der Waals surface area contributed by atoms with Crippen LogP contribution in [0.15, 0.2) is 90.1 Å². The van der Waals surface area contributed by atoms with E-state index in [2.05, 4.69) is 59.8 Å². The van der Waals surface area contributed by atoms with Crippen LogP contribution in [0.3, 0.4) is 0 Å². The van der Waals surface area contributed by atoms with Crippen molar-refractivity contribution in [2.45, 2.75) is 31.3 Å². The van der Waals surface area contributed by atoms with E-state index in [1.165, 1.54) is 17.7 Å². The van der Waals surface area contributed by atoms with E-state index in [1.54, 1.807) is 23.9 Å². The lowest BCUT2D eigenvalue weighted by molar-refractivity contribution is -0.384. The lowest BCUT2D eigenvalue weighted by Crippen LogP contribution is -2.10. The molecule has 0 aliphatic carbocycles. The SMILES string of the molecule is CC(C)(C)c1ccc(-c2nnc(SCC=Cc3ccc([N+](=O)[O-])cc3)n2-c2ccccc2)cc1. The Morgan fingerprint density at radius 2 is 1.62 bits per heavy atom. The first kappa shape index (κ1) is 23.4. The summed E-state index contributed by atoms with van der Waals surface area (Å²) in [4.78, 5) is 10.4. The Labute approximate surface area is 203 Å². The van der Waals surface area contributed by atoms with Gasteiger partial charge in [0.1, 0.15) is 0 Å². The molecule has 0 bridgehead atoms. The van der Waals surface area contributed by atoms with E-state index in [4.69, 9.17) is 0 Å². The van der Waals surface area contributed by atoms with Gasteiger partial charge in [0, 0.05) is 29.1 Å². The van der Waals surface area contributed by atoms with Crippen molar-refractivity contribution in [3.8, 4) is 17.1 Å². The molecule has 34 heavy (non-hydrogen) atoms. The number of benzene rings is 3. The maximum absolute atomic E-state index is 10.8. The molecule has 0 atom stereocenters. The molecule has 7 heteroatoms. The summed E-state index contributed by atoms with van der Waals surface area (Å²) in [6.07, 6.45) is 3.97. The van der Waals surface area contributed by atoms with Gasteiger partial charge in [-0.1, -0.05) is 87.1 Å². The van der Waals surface area contributed by atoms with Gasteiger partial charge in [0.25, 0.3) is 5.69 Å². The largest absolute Gasteiger partial charge is 0.270 e. The zero-order valence-corrected chi connectivity index (χ0v) is 20.2. The minimum absolute atomic E-state index is 0.0860. The van der Waals surface area contributed by atoms with Crippen molar-refractivity contribution in [2.24, 2.45) is 0 Å². The summed E-state index contributed by atoms with van der Waals surface area (Å²) in [6.45, 7) is 6.61. The lowest BCUT2D eigenvalue weighted by atomic mass is 9.87. The number of rotatable bonds is 7. The quantitative estimate of drug-likeness (QED) is 0.166. The molecule has 0 aliphatic rings. The van der Waals surface area contributed by atoms with Crippen molar-refractivity contribution >= 4 is 23.5 Å². The van der Waals surface area contributed by atoms with Crippen molar-refractivity contribution in [3.63, 3.8) is 0 Å². The number of nitro groups is 1. The maximum Gasteiger partial charge on any atom is 0.269 e. The number of thioether (sulfide) groups is 1. The second kappa shape index (κ2) is 10.1. The van der Waals surface area contributed by atoms with Gasteiger partial charge in [0.2, 0.25) is 0 Å². The molecule has 1 heterocycles. The van der Waals surface area contributed by atoms with E-state index in [9.17, 15) is 10.1 Å². The summed E-state index contributed by atoms with van der Waals surface area (Å²) in [5.41, 5.74) is 4.37. The number of nitrogens with zero attached hydrogens (tertiary/aromatic N) is 4. The summed E-state index contributed by atoms with van der Waals surface area (Å²) in [5, 5.41) is 20.6. The van der Waals surface area contributed by atoms with Crippen molar-refractivity contribution in [3.05, 3.63) is 106 Å². The first-order valence-corrected chi connectivity index (χ1v) is 12.0. The average molecular weight is 471 g/mol. The van der Waals surface area contributed by atoms with Crippen LogP contribution in [0.2, 0.25) is 0 Å². The number of nitro benzene ring substituents is 1. The smallest absolute Gasteiger partial charge is 0.269 e.